The van der Waals surface area contributed by atoms with E-state index in [4.69, 9.17) is 11.6 Å². The Bertz CT molecular complexity index is 408. The number of halogens is 1. The molecule has 1 aliphatic carbocycles. The highest BCUT2D eigenvalue weighted by molar-refractivity contribution is 6.31. The van der Waals surface area contributed by atoms with E-state index in [9.17, 15) is 0 Å². The van der Waals surface area contributed by atoms with Crippen molar-refractivity contribution in [1.29, 1.82) is 0 Å². The smallest absolute Gasteiger partial charge is 0.0847 e. The van der Waals surface area contributed by atoms with Gasteiger partial charge in [0, 0.05) is 19.0 Å². The maximum Gasteiger partial charge on any atom is 0.0847 e. The van der Waals surface area contributed by atoms with Crippen molar-refractivity contribution in [2.24, 2.45) is 5.92 Å². The molecule has 3 nitrogen and oxygen atoms in total. The van der Waals surface area contributed by atoms with Crippen molar-refractivity contribution in [2.75, 3.05) is 7.05 Å². The average Bonchev–Trinajstić information content (AvgIpc) is 3.01. The molecule has 1 unspecified atom stereocenters. The van der Waals surface area contributed by atoms with Crippen LogP contribution in [-0.2, 0) is 13.0 Å². The molecule has 19 heavy (non-hydrogen) atoms. The molecule has 1 aromatic heterocycles. The third-order valence-electron chi connectivity index (χ3n) is 4.39. The van der Waals surface area contributed by atoms with Gasteiger partial charge in [-0.05, 0) is 33.2 Å². The summed E-state index contributed by atoms with van der Waals surface area (Å²) in [5.41, 5.74) is 2.15. The Kier molecular flexibility index (Phi) is 5.28. The quantitative estimate of drug-likeness (QED) is 0.865. The van der Waals surface area contributed by atoms with E-state index in [1.165, 1.54) is 37.8 Å². The van der Waals surface area contributed by atoms with Gasteiger partial charge in [-0.3, -0.25) is 4.68 Å². The molecular formula is C15H26ClN3. The van der Waals surface area contributed by atoms with E-state index in [0.717, 1.165) is 29.6 Å². The maximum absolute atomic E-state index is 6.40. The first kappa shape index (κ1) is 14.9. The summed E-state index contributed by atoms with van der Waals surface area (Å²) in [6.07, 6.45) is 7.87. The summed E-state index contributed by atoms with van der Waals surface area (Å²) >= 11 is 6.40. The van der Waals surface area contributed by atoms with Gasteiger partial charge in [0.1, 0.15) is 0 Å². The Morgan fingerprint density at radius 1 is 1.42 bits per heavy atom. The third-order valence-corrected chi connectivity index (χ3v) is 4.89. The van der Waals surface area contributed by atoms with Crippen LogP contribution in [0, 0.1) is 12.8 Å². The second-order valence-corrected chi connectivity index (χ2v) is 6.12. The van der Waals surface area contributed by atoms with Crippen molar-refractivity contribution in [2.45, 2.75) is 65.0 Å². The summed E-state index contributed by atoms with van der Waals surface area (Å²) in [5, 5.41) is 8.83. The standard InChI is InChI=1S/C15H26ClN3/c1-4-19-14(15(16)11(2)18-19)10-13(17-3)9-12-7-5-6-8-12/h12-13,17H,4-10H2,1-3H3. The highest BCUT2D eigenvalue weighted by atomic mass is 35.5. The molecule has 0 bridgehead atoms. The van der Waals surface area contributed by atoms with Crippen LogP contribution >= 0.6 is 11.6 Å². The lowest BCUT2D eigenvalue weighted by Crippen LogP contribution is -2.30. The van der Waals surface area contributed by atoms with Crippen molar-refractivity contribution < 1.29 is 0 Å². The van der Waals surface area contributed by atoms with Crippen LogP contribution in [0.2, 0.25) is 5.02 Å². The maximum atomic E-state index is 6.40. The van der Waals surface area contributed by atoms with Crippen LogP contribution in [0.25, 0.3) is 0 Å². The SMILES string of the molecule is CCn1nc(C)c(Cl)c1CC(CC1CCCC1)NC. The topological polar surface area (TPSA) is 29.9 Å². The molecule has 1 heterocycles. The normalized spacial score (nSPS) is 18.1. The van der Waals surface area contributed by atoms with E-state index >= 15 is 0 Å². The minimum Gasteiger partial charge on any atom is -0.317 e. The summed E-state index contributed by atoms with van der Waals surface area (Å²) in [6, 6.07) is 0.516. The van der Waals surface area contributed by atoms with Gasteiger partial charge < -0.3 is 5.32 Å². The van der Waals surface area contributed by atoms with E-state index in [-0.39, 0.29) is 0 Å². The van der Waals surface area contributed by atoms with Crippen LogP contribution < -0.4 is 5.32 Å². The van der Waals surface area contributed by atoms with Gasteiger partial charge in [-0.1, -0.05) is 37.3 Å². The fourth-order valence-electron chi connectivity index (χ4n) is 3.25. The molecule has 0 amide bonds. The Morgan fingerprint density at radius 3 is 2.68 bits per heavy atom. The summed E-state index contributed by atoms with van der Waals surface area (Å²) in [5.74, 6) is 0.898. The number of likely N-dealkylation sites (N-methyl/N-ethyl adjacent to an activating group) is 1. The van der Waals surface area contributed by atoms with Crippen LogP contribution in [-0.4, -0.2) is 22.9 Å². The molecular weight excluding hydrogens is 258 g/mol. The summed E-state index contributed by atoms with van der Waals surface area (Å²) < 4.78 is 2.05. The van der Waals surface area contributed by atoms with Crippen molar-refractivity contribution in [1.82, 2.24) is 15.1 Å². The zero-order chi connectivity index (χ0) is 13.8. The summed E-state index contributed by atoms with van der Waals surface area (Å²) in [4.78, 5) is 0. The van der Waals surface area contributed by atoms with Crippen LogP contribution in [0.5, 0.6) is 0 Å². The van der Waals surface area contributed by atoms with E-state index in [2.05, 4.69) is 29.1 Å². The molecule has 1 saturated carbocycles. The molecule has 1 atom stereocenters. The molecule has 0 spiro atoms. The lowest BCUT2D eigenvalue weighted by molar-refractivity contribution is 0.395. The van der Waals surface area contributed by atoms with Gasteiger partial charge in [0.2, 0.25) is 0 Å². The zero-order valence-corrected chi connectivity index (χ0v) is 13.1. The van der Waals surface area contributed by atoms with Gasteiger partial charge in [0.05, 0.1) is 16.4 Å². The van der Waals surface area contributed by atoms with E-state index in [1.54, 1.807) is 0 Å². The van der Waals surface area contributed by atoms with Gasteiger partial charge in [0.15, 0.2) is 0 Å². The Hall–Kier alpha value is -0.540. The predicted molar refractivity (Wildman–Crippen MR) is 80.8 cm³/mol. The average molecular weight is 284 g/mol. The van der Waals surface area contributed by atoms with E-state index in [1.807, 2.05) is 6.92 Å². The first-order valence-corrected chi connectivity index (χ1v) is 7.92. The fourth-order valence-corrected chi connectivity index (χ4v) is 3.46. The number of nitrogens with one attached hydrogen (secondary N) is 1. The molecule has 108 valence electrons. The minimum absolute atomic E-state index is 0.516. The summed E-state index contributed by atoms with van der Waals surface area (Å²) in [7, 11) is 2.06. The second kappa shape index (κ2) is 6.76. The molecule has 0 radical (unpaired) electrons. The van der Waals surface area contributed by atoms with Crippen LogP contribution in [0.4, 0.5) is 0 Å². The molecule has 1 aromatic rings. The number of rotatable bonds is 6. The monoisotopic (exact) mass is 283 g/mol. The first-order valence-electron chi connectivity index (χ1n) is 7.54. The van der Waals surface area contributed by atoms with Crippen molar-refractivity contribution in [3.8, 4) is 0 Å². The second-order valence-electron chi connectivity index (χ2n) is 5.74. The summed E-state index contributed by atoms with van der Waals surface area (Å²) in [6.45, 7) is 5.00. The Labute approximate surface area is 121 Å². The van der Waals surface area contributed by atoms with Crippen LogP contribution in [0.1, 0.15) is 50.4 Å². The number of hydrogen-bond acceptors (Lipinski definition) is 2. The zero-order valence-electron chi connectivity index (χ0n) is 12.4. The molecule has 1 N–H and O–H groups in total. The Morgan fingerprint density at radius 2 is 2.11 bits per heavy atom. The number of aryl methyl sites for hydroxylation is 2. The van der Waals surface area contributed by atoms with Gasteiger partial charge >= 0.3 is 0 Å². The van der Waals surface area contributed by atoms with Crippen molar-refractivity contribution in [3.63, 3.8) is 0 Å². The Balaban J connectivity index is 2.04. The number of hydrogen-bond donors (Lipinski definition) is 1. The molecule has 0 aliphatic heterocycles. The molecule has 2 rings (SSSR count). The van der Waals surface area contributed by atoms with Crippen LogP contribution in [0.3, 0.4) is 0 Å². The lowest BCUT2D eigenvalue weighted by Gasteiger charge is -2.20. The van der Waals surface area contributed by atoms with E-state index < -0.39 is 0 Å². The molecule has 1 aliphatic rings. The molecule has 1 fully saturated rings. The van der Waals surface area contributed by atoms with Crippen molar-refractivity contribution >= 4 is 11.6 Å². The number of aromatic nitrogens is 2. The first-order chi connectivity index (χ1) is 9.15. The third kappa shape index (κ3) is 3.51. The molecule has 4 heteroatoms. The van der Waals surface area contributed by atoms with Gasteiger partial charge in [-0.2, -0.15) is 5.10 Å². The van der Waals surface area contributed by atoms with Gasteiger partial charge in [-0.15, -0.1) is 0 Å². The molecule has 0 aromatic carbocycles. The van der Waals surface area contributed by atoms with Gasteiger partial charge in [0.25, 0.3) is 0 Å². The van der Waals surface area contributed by atoms with E-state index in [0.29, 0.717) is 6.04 Å². The van der Waals surface area contributed by atoms with Crippen molar-refractivity contribution in [3.05, 3.63) is 16.4 Å². The van der Waals surface area contributed by atoms with Crippen LogP contribution in [0.15, 0.2) is 0 Å². The predicted octanol–water partition coefficient (Wildman–Crippen LogP) is 3.58. The highest BCUT2D eigenvalue weighted by Crippen LogP contribution is 2.30. The fraction of sp³-hybridized carbons (Fsp3) is 0.800. The number of nitrogens with zero attached hydrogens (tertiary/aromatic N) is 2. The largest absolute Gasteiger partial charge is 0.317 e. The lowest BCUT2D eigenvalue weighted by atomic mass is 9.95. The highest BCUT2D eigenvalue weighted by Gasteiger charge is 2.22. The molecule has 0 saturated heterocycles. The minimum atomic E-state index is 0.516. The van der Waals surface area contributed by atoms with Gasteiger partial charge in [-0.25, -0.2) is 0 Å².